The number of rotatable bonds is 8. The van der Waals surface area contributed by atoms with Gasteiger partial charge in [-0.1, -0.05) is 60.3 Å². The topological polar surface area (TPSA) is 79.8 Å². The molecule has 3 aromatic carbocycles. The van der Waals surface area contributed by atoms with Crippen molar-refractivity contribution in [2.75, 3.05) is 11.9 Å². The van der Waals surface area contributed by atoms with E-state index in [4.69, 9.17) is 4.74 Å². The first-order valence-corrected chi connectivity index (χ1v) is 11.2. The Morgan fingerprint density at radius 1 is 0.938 bits per heavy atom. The molecule has 1 saturated heterocycles. The number of carbonyl (C=O) groups excluding carboxylic acids is 2. The Labute approximate surface area is 191 Å². The molecule has 2 N–H and O–H groups in total. The number of amidine groups is 1. The fourth-order valence-corrected chi connectivity index (χ4v) is 4.15. The normalized spacial score (nSPS) is 16.6. The van der Waals surface area contributed by atoms with Crippen LogP contribution in [0.3, 0.4) is 0 Å². The van der Waals surface area contributed by atoms with Crippen molar-refractivity contribution in [3.05, 3.63) is 90.5 Å². The van der Waals surface area contributed by atoms with Crippen LogP contribution in [0.25, 0.3) is 0 Å². The second-order valence-corrected chi connectivity index (χ2v) is 8.40. The predicted molar refractivity (Wildman–Crippen MR) is 128 cm³/mol. The summed E-state index contributed by atoms with van der Waals surface area (Å²) in [5.74, 6) is 1.02. The average Bonchev–Trinajstić information content (AvgIpc) is 3.15. The minimum Gasteiger partial charge on any atom is -0.457 e. The van der Waals surface area contributed by atoms with E-state index in [0.717, 1.165) is 12.2 Å². The molecular formula is C25H23N3O3S. The van der Waals surface area contributed by atoms with Crippen LogP contribution < -0.4 is 15.4 Å². The third-order valence-corrected chi connectivity index (χ3v) is 5.88. The van der Waals surface area contributed by atoms with Crippen LogP contribution in [0.2, 0.25) is 0 Å². The number of benzene rings is 3. The highest BCUT2D eigenvalue weighted by Gasteiger charge is 2.31. The van der Waals surface area contributed by atoms with Gasteiger partial charge in [-0.3, -0.25) is 14.6 Å². The van der Waals surface area contributed by atoms with Crippen LogP contribution in [0, 0.1) is 0 Å². The molecule has 0 spiro atoms. The van der Waals surface area contributed by atoms with Gasteiger partial charge in [-0.2, -0.15) is 0 Å². The minimum atomic E-state index is -0.480. The molecule has 1 heterocycles. The number of amides is 2. The molecule has 0 bridgehead atoms. The van der Waals surface area contributed by atoms with Crippen molar-refractivity contribution in [2.24, 2.45) is 4.99 Å². The van der Waals surface area contributed by atoms with E-state index in [9.17, 15) is 9.59 Å². The molecule has 6 nitrogen and oxygen atoms in total. The lowest BCUT2D eigenvalue weighted by atomic mass is 10.2. The fourth-order valence-electron chi connectivity index (χ4n) is 3.16. The van der Waals surface area contributed by atoms with Gasteiger partial charge in [0.1, 0.15) is 16.7 Å². The summed E-state index contributed by atoms with van der Waals surface area (Å²) >= 11 is 1.30. The Hall–Kier alpha value is -3.58. The van der Waals surface area contributed by atoms with E-state index in [1.54, 1.807) is 24.3 Å². The van der Waals surface area contributed by atoms with Gasteiger partial charge in [0, 0.05) is 18.7 Å². The highest BCUT2D eigenvalue weighted by molar-refractivity contribution is 8.15. The van der Waals surface area contributed by atoms with E-state index in [1.807, 2.05) is 60.7 Å². The number of aliphatic imine (C=N–C) groups is 1. The molecule has 0 radical (unpaired) electrons. The Kier molecular flexibility index (Phi) is 7.19. The lowest BCUT2D eigenvalue weighted by Gasteiger charge is -2.09. The van der Waals surface area contributed by atoms with Crippen molar-refractivity contribution in [2.45, 2.75) is 18.1 Å². The second kappa shape index (κ2) is 10.6. The second-order valence-electron chi connectivity index (χ2n) is 7.21. The number of carbonyl (C=O) groups is 2. The van der Waals surface area contributed by atoms with Gasteiger partial charge in [0.15, 0.2) is 5.17 Å². The van der Waals surface area contributed by atoms with E-state index < -0.39 is 5.25 Å². The fraction of sp³-hybridized carbons (Fsp3) is 0.160. The van der Waals surface area contributed by atoms with Gasteiger partial charge in [-0.05, 0) is 48.4 Å². The predicted octanol–water partition coefficient (Wildman–Crippen LogP) is 4.64. The number of anilines is 1. The van der Waals surface area contributed by atoms with Crippen LogP contribution in [0.1, 0.15) is 12.0 Å². The summed E-state index contributed by atoms with van der Waals surface area (Å²) in [6.07, 6.45) is 0.881. The number of nitrogens with one attached hydrogen (secondary N) is 2. The van der Waals surface area contributed by atoms with Crippen LogP contribution >= 0.6 is 11.8 Å². The number of hydrogen-bond donors (Lipinski definition) is 2. The maximum Gasteiger partial charge on any atom is 0.240 e. The maximum atomic E-state index is 12.4. The maximum absolute atomic E-state index is 12.4. The molecule has 3 aromatic rings. The molecule has 32 heavy (non-hydrogen) atoms. The smallest absolute Gasteiger partial charge is 0.240 e. The molecule has 2 amide bonds. The summed E-state index contributed by atoms with van der Waals surface area (Å²) in [5, 5.41) is 5.69. The van der Waals surface area contributed by atoms with Crippen LogP contribution in [0.4, 0.5) is 5.69 Å². The van der Waals surface area contributed by atoms with E-state index in [-0.39, 0.29) is 18.2 Å². The summed E-state index contributed by atoms with van der Waals surface area (Å²) in [7, 11) is 0. The quantitative estimate of drug-likeness (QED) is 0.530. The highest BCUT2D eigenvalue weighted by atomic mass is 32.2. The Bertz CT molecular complexity index is 1090. The molecule has 1 unspecified atom stereocenters. The SMILES string of the molecule is O=C(CC1SC(=NCCc2ccccc2)NC1=O)Nc1ccc(Oc2ccccc2)cc1. The molecular weight excluding hydrogens is 422 g/mol. The summed E-state index contributed by atoms with van der Waals surface area (Å²) in [5.41, 5.74) is 1.85. The zero-order valence-corrected chi connectivity index (χ0v) is 18.2. The number of nitrogens with zero attached hydrogens (tertiary/aromatic N) is 1. The zero-order valence-electron chi connectivity index (χ0n) is 17.4. The molecule has 0 aliphatic carbocycles. The number of para-hydroxylation sites is 1. The number of ether oxygens (including phenoxy) is 1. The number of thioether (sulfide) groups is 1. The van der Waals surface area contributed by atoms with Gasteiger partial charge in [-0.15, -0.1) is 0 Å². The summed E-state index contributed by atoms with van der Waals surface area (Å²) < 4.78 is 5.75. The van der Waals surface area contributed by atoms with Gasteiger partial charge in [0.25, 0.3) is 0 Å². The molecule has 0 aromatic heterocycles. The summed E-state index contributed by atoms with van der Waals surface area (Å²) in [6.45, 7) is 0.586. The Balaban J connectivity index is 1.24. The van der Waals surface area contributed by atoms with Crippen LogP contribution in [0.15, 0.2) is 89.9 Å². The van der Waals surface area contributed by atoms with Crippen molar-refractivity contribution in [1.82, 2.24) is 5.32 Å². The van der Waals surface area contributed by atoms with Crippen molar-refractivity contribution in [3.8, 4) is 11.5 Å². The Morgan fingerprint density at radius 2 is 1.59 bits per heavy atom. The molecule has 1 fully saturated rings. The van der Waals surface area contributed by atoms with Crippen molar-refractivity contribution >= 4 is 34.4 Å². The molecule has 162 valence electrons. The number of hydrogen-bond acceptors (Lipinski definition) is 5. The largest absolute Gasteiger partial charge is 0.457 e. The Morgan fingerprint density at radius 3 is 2.31 bits per heavy atom. The van der Waals surface area contributed by atoms with E-state index in [2.05, 4.69) is 15.6 Å². The molecule has 7 heteroatoms. The zero-order chi connectivity index (χ0) is 22.2. The van der Waals surface area contributed by atoms with Crippen molar-refractivity contribution in [1.29, 1.82) is 0 Å². The third kappa shape index (κ3) is 6.21. The molecule has 1 aliphatic heterocycles. The molecule has 0 saturated carbocycles. The van der Waals surface area contributed by atoms with Gasteiger partial charge in [0.2, 0.25) is 11.8 Å². The van der Waals surface area contributed by atoms with Gasteiger partial charge >= 0.3 is 0 Å². The first-order chi connectivity index (χ1) is 15.7. The van der Waals surface area contributed by atoms with Crippen LogP contribution in [-0.4, -0.2) is 28.8 Å². The van der Waals surface area contributed by atoms with Gasteiger partial charge in [-0.25, -0.2) is 0 Å². The first kappa shape index (κ1) is 21.6. The van der Waals surface area contributed by atoms with Crippen molar-refractivity contribution in [3.63, 3.8) is 0 Å². The molecule has 4 rings (SSSR count). The van der Waals surface area contributed by atoms with Crippen molar-refractivity contribution < 1.29 is 14.3 Å². The van der Waals surface area contributed by atoms with Crippen LogP contribution in [-0.2, 0) is 16.0 Å². The van der Waals surface area contributed by atoms with E-state index in [1.165, 1.54) is 17.3 Å². The standard InChI is InChI=1S/C25H23N3O3S/c29-23(27-19-11-13-21(14-12-19)31-20-9-5-2-6-10-20)17-22-24(30)28-25(32-22)26-16-15-18-7-3-1-4-8-18/h1-14,22H,15-17H2,(H,27,29)(H,26,28,30). The third-order valence-electron chi connectivity index (χ3n) is 4.76. The molecule has 1 atom stereocenters. The monoisotopic (exact) mass is 445 g/mol. The minimum absolute atomic E-state index is 0.0798. The van der Waals surface area contributed by atoms with E-state index >= 15 is 0 Å². The van der Waals surface area contributed by atoms with Gasteiger partial charge < -0.3 is 15.4 Å². The van der Waals surface area contributed by atoms with Gasteiger partial charge in [0.05, 0.1) is 0 Å². The molecule has 1 aliphatic rings. The summed E-state index contributed by atoms with van der Waals surface area (Å²) in [4.78, 5) is 29.1. The lowest BCUT2D eigenvalue weighted by molar-refractivity contribution is -0.122. The van der Waals surface area contributed by atoms with Crippen LogP contribution in [0.5, 0.6) is 11.5 Å². The lowest BCUT2D eigenvalue weighted by Crippen LogP contribution is -2.28. The highest BCUT2D eigenvalue weighted by Crippen LogP contribution is 2.25. The summed E-state index contributed by atoms with van der Waals surface area (Å²) in [6, 6.07) is 26.7. The van der Waals surface area contributed by atoms with E-state index in [0.29, 0.717) is 23.1 Å². The average molecular weight is 446 g/mol. The first-order valence-electron chi connectivity index (χ1n) is 10.3.